The summed E-state index contributed by atoms with van der Waals surface area (Å²) in [6, 6.07) is 10.2. The summed E-state index contributed by atoms with van der Waals surface area (Å²) in [5.41, 5.74) is 4.81. The van der Waals surface area contributed by atoms with Crippen molar-refractivity contribution in [1.82, 2.24) is 29.9 Å². The largest absolute Gasteiger partial charge is 0.361 e. The standard InChI is InChI=1S/C19H18N6O/c1-13-3-2-4-17(7-13)25-10-15(9-20-25)18-12-24(23-21-18)11-16-8-19(26-22-16)14-5-6-14/h2-4,7-10,12,14H,5-6,11H2,1H3. The third kappa shape index (κ3) is 2.92. The second-order valence-corrected chi connectivity index (χ2v) is 6.81. The molecule has 1 fully saturated rings. The number of aryl methyl sites for hydroxylation is 1. The first-order valence-corrected chi connectivity index (χ1v) is 8.72. The van der Waals surface area contributed by atoms with Crippen molar-refractivity contribution in [3.8, 4) is 16.9 Å². The maximum Gasteiger partial charge on any atom is 0.140 e. The number of rotatable bonds is 5. The number of aromatic nitrogens is 6. The minimum atomic E-state index is 0.551. The Morgan fingerprint density at radius 1 is 1.19 bits per heavy atom. The van der Waals surface area contributed by atoms with Crippen molar-refractivity contribution in [2.75, 3.05) is 0 Å². The van der Waals surface area contributed by atoms with Gasteiger partial charge in [0.15, 0.2) is 0 Å². The smallest absolute Gasteiger partial charge is 0.140 e. The molecule has 3 heterocycles. The SMILES string of the molecule is Cc1cccc(-n2cc(-c3cn(Cc4cc(C5CC5)on4)nn3)cn2)c1. The minimum Gasteiger partial charge on any atom is -0.361 e. The molecule has 1 aliphatic carbocycles. The van der Waals surface area contributed by atoms with E-state index in [4.69, 9.17) is 4.52 Å². The van der Waals surface area contributed by atoms with Crippen LogP contribution in [-0.2, 0) is 6.54 Å². The second kappa shape index (κ2) is 5.94. The van der Waals surface area contributed by atoms with E-state index in [1.165, 1.54) is 18.4 Å². The molecule has 7 heteroatoms. The normalized spacial score (nSPS) is 14.0. The molecule has 26 heavy (non-hydrogen) atoms. The van der Waals surface area contributed by atoms with Crippen LogP contribution in [0.4, 0.5) is 0 Å². The maximum atomic E-state index is 5.39. The molecule has 1 saturated carbocycles. The maximum absolute atomic E-state index is 5.39. The average Bonchev–Trinajstić information content (AvgIpc) is 3.04. The lowest BCUT2D eigenvalue weighted by molar-refractivity contribution is 0.375. The summed E-state index contributed by atoms with van der Waals surface area (Å²) >= 11 is 0. The van der Waals surface area contributed by atoms with Gasteiger partial charge < -0.3 is 4.52 Å². The van der Waals surface area contributed by atoms with Crippen LogP contribution < -0.4 is 0 Å². The fourth-order valence-electron chi connectivity index (χ4n) is 3.00. The number of benzene rings is 1. The predicted octanol–water partition coefficient (Wildman–Crippen LogP) is 3.35. The van der Waals surface area contributed by atoms with Crippen molar-refractivity contribution in [1.29, 1.82) is 0 Å². The van der Waals surface area contributed by atoms with Gasteiger partial charge in [0, 0.05) is 23.7 Å². The van der Waals surface area contributed by atoms with Crippen LogP contribution in [0, 0.1) is 6.92 Å². The van der Waals surface area contributed by atoms with Gasteiger partial charge >= 0.3 is 0 Å². The van der Waals surface area contributed by atoms with E-state index in [-0.39, 0.29) is 0 Å². The third-order valence-corrected chi connectivity index (χ3v) is 4.56. The first-order valence-electron chi connectivity index (χ1n) is 8.72. The van der Waals surface area contributed by atoms with Crippen LogP contribution in [-0.4, -0.2) is 29.9 Å². The van der Waals surface area contributed by atoms with E-state index in [1.807, 2.05) is 35.3 Å². The Hall–Kier alpha value is -3.22. The lowest BCUT2D eigenvalue weighted by Gasteiger charge is -2.01. The second-order valence-electron chi connectivity index (χ2n) is 6.81. The summed E-state index contributed by atoms with van der Waals surface area (Å²) in [7, 11) is 0. The van der Waals surface area contributed by atoms with E-state index in [1.54, 1.807) is 10.9 Å². The lowest BCUT2D eigenvalue weighted by atomic mass is 10.2. The van der Waals surface area contributed by atoms with Crippen molar-refractivity contribution in [3.05, 3.63) is 65.9 Å². The van der Waals surface area contributed by atoms with E-state index < -0.39 is 0 Å². The Morgan fingerprint density at radius 2 is 2.12 bits per heavy atom. The molecule has 0 bridgehead atoms. The number of hydrogen-bond acceptors (Lipinski definition) is 5. The molecule has 0 atom stereocenters. The highest BCUT2D eigenvalue weighted by atomic mass is 16.5. The zero-order chi connectivity index (χ0) is 17.5. The molecule has 5 rings (SSSR count). The highest BCUT2D eigenvalue weighted by Gasteiger charge is 2.27. The molecule has 0 aliphatic heterocycles. The summed E-state index contributed by atoms with van der Waals surface area (Å²) in [4.78, 5) is 0. The van der Waals surface area contributed by atoms with Gasteiger partial charge in [-0.25, -0.2) is 9.36 Å². The highest BCUT2D eigenvalue weighted by Crippen LogP contribution is 2.40. The van der Waals surface area contributed by atoms with Gasteiger partial charge in [-0.05, 0) is 37.5 Å². The van der Waals surface area contributed by atoms with Gasteiger partial charge in [-0.15, -0.1) is 5.10 Å². The number of hydrogen-bond donors (Lipinski definition) is 0. The van der Waals surface area contributed by atoms with Gasteiger partial charge in [0.1, 0.15) is 17.1 Å². The Kier molecular flexibility index (Phi) is 3.44. The Balaban J connectivity index is 1.34. The van der Waals surface area contributed by atoms with Crippen molar-refractivity contribution in [3.63, 3.8) is 0 Å². The molecule has 0 spiro atoms. The fourth-order valence-corrected chi connectivity index (χ4v) is 3.00. The summed E-state index contributed by atoms with van der Waals surface area (Å²) in [6.07, 6.45) is 8.07. The Morgan fingerprint density at radius 3 is 2.96 bits per heavy atom. The van der Waals surface area contributed by atoms with E-state index in [9.17, 15) is 0 Å². The molecule has 7 nitrogen and oxygen atoms in total. The zero-order valence-corrected chi connectivity index (χ0v) is 14.4. The molecular formula is C19H18N6O. The van der Waals surface area contributed by atoms with Gasteiger partial charge in [-0.2, -0.15) is 5.10 Å². The molecule has 4 aromatic rings. The van der Waals surface area contributed by atoms with E-state index in [0.29, 0.717) is 12.5 Å². The first kappa shape index (κ1) is 15.1. The quantitative estimate of drug-likeness (QED) is 0.554. The summed E-state index contributed by atoms with van der Waals surface area (Å²) in [6.45, 7) is 2.62. The van der Waals surface area contributed by atoms with Crippen molar-refractivity contribution >= 4 is 0 Å². The molecule has 130 valence electrons. The van der Waals surface area contributed by atoms with Crippen LogP contribution in [0.15, 0.2) is 53.4 Å². The zero-order valence-electron chi connectivity index (χ0n) is 14.4. The lowest BCUT2D eigenvalue weighted by Crippen LogP contribution is -2.00. The molecule has 1 aliphatic rings. The molecule has 0 radical (unpaired) electrons. The first-order chi connectivity index (χ1) is 12.7. The molecule has 1 aromatic carbocycles. The van der Waals surface area contributed by atoms with Crippen LogP contribution in [0.2, 0.25) is 0 Å². The van der Waals surface area contributed by atoms with Crippen molar-refractivity contribution < 1.29 is 4.52 Å². The predicted molar refractivity (Wildman–Crippen MR) is 94.9 cm³/mol. The highest BCUT2D eigenvalue weighted by molar-refractivity contribution is 5.56. The monoisotopic (exact) mass is 346 g/mol. The van der Waals surface area contributed by atoms with Gasteiger partial charge in [-0.3, -0.25) is 0 Å². The van der Waals surface area contributed by atoms with Gasteiger partial charge in [-0.1, -0.05) is 22.5 Å². The molecular weight excluding hydrogens is 328 g/mol. The van der Waals surface area contributed by atoms with Gasteiger partial charge in [0.2, 0.25) is 0 Å². The van der Waals surface area contributed by atoms with E-state index >= 15 is 0 Å². The number of nitrogens with zero attached hydrogens (tertiary/aromatic N) is 6. The van der Waals surface area contributed by atoms with Crippen LogP contribution in [0.1, 0.15) is 35.8 Å². The van der Waals surface area contributed by atoms with Gasteiger partial charge in [0.05, 0.1) is 24.6 Å². The van der Waals surface area contributed by atoms with Crippen molar-refractivity contribution in [2.45, 2.75) is 32.2 Å². The molecule has 3 aromatic heterocycles. The third-order valence-electron chi connectivity index (χ3n) is 4.56. The van der Waals surface area contributed by atoms with Crippen LogP contribution >= 0.6 is 0 Å². The minimum absolute atomic E-state index is 0.551. The van der Waals surface area contributed by atoms with E-state index in [2.05, 4.69) is 39.6 Å². The van der Waals surface area contributed by atoms with Crippen LogP contribution in [0.25, 0.3) is 16.9 Å². The van der Waals surface area contributed by atoms with Gasteiger partial charge in [0.25, 0.3) is 0 Å². The Labute approximate surface area is 150 Å². The summed E-state index contributed by atoms with van der Waals surface area (Å²) in [5.74, 6) is 1.55. The fraction of sp³-hybridized carbons (Fsp3) is 0.263. The van der Waals surface area contributed by atoms with E-state index in [0.717, 1.165) is 28.4 Å². The van der Waals surface area contributed by atoms with Crippen LogP contribution in [0.3, 0.4) is 0 Å². The molecule has 0 unspecified atom stereocenters. The Bertz CT molecular complexity index is 1060. The topological polar surface area (TPSA) is 74.6 Å². The summed E-state index contributed by atoms with van der Waals surface area (Å²) < 4.78 is 9.01. The molecule has 0 amide bonds. The average molecular weight is 346 g/mol. The van der Waals surface area contributed by atoms with Crippen LogP contribution in [0.5, 0.6) is 0 Å². The van der Waals surface area contributed by atoms with Crippen molar-refractivity contribution in [2.24, 2.45) is 0 Å². The summed E-state index contributed by atoms with van der Waals surface area (Å²) in [5, 5.41) is 17.0. The molecule has 0 saturated heterocycles. The molecule has 0 N–H and O–H groups in total.